The monoisotopic (exact) mass is 344 g/mol. The Morgan fingerprint density at radius 2 is 1.14 bits per heavy atom. The third-order valence-electron chi connectivity index (χ3n) is 2.56. The van der Waals surface area contributed by atoms with E-state index in [1.807, 2.05) is 0 Å². The summed E-state index contributed by atoms with van der Waals surface area (Å²) >= 11 is 11.1. The van der Waals surface area contributed by atoms with Crippen LogP contribution in [0.15, 0.2) is 36.4 Å². The van der Waals surface area contributed by atoms with Gasteiger partial charge in [-0.2, -0.15) is 0 Å². The van der Waals surface area contributed by atoms with Crippen molar-refractivity contribution >= 4 is 46.4 Å². The van der Waals surface area contributed by atoms with Crippen molar-refractivity contribution in [1.82, 2.24) is 0 Å². The first-order valence-electron chi connectivity index (χ1n) is 5.89. The molecule has 0 saturated heterocycles. The maximum atomic E-state index is 13.0. The Balaban J connectivity index is 2.04. The molecule has 0 fully saturated rings. The second kappa shape index (κ2) is 6.72. The molecule has 114 valence electrons. The summed E-state index contributed by atoms with van der Waals surface area (Å²) in [7, 11) is 0. The summed E-state index contributed by atoms with van der Waals surface area (Å²) in [5, 5.41) is 4.11. The second-order valence-corrected chi connectivity index (χ2v) is 4.98. The van der Waals surface area contributed by atoms with Gasteiger partial charge in [-0.15, -0.1) is 0 Å². The molecular formula is C14H8Cl2F2N2O2. The molecule has 0 atom stereocenters. The van der Waals surface area contributed by atoms with Crippen LogP contribution in [0.2, 0.25) is 10.0 Å². The first-order valence-corrected chi connectivity index (χ1v) is 6.65. The van der Waals surface area contributed by atoms with Crippen LogP contribution in [0.4, 0.5) is 20.2 Å². The topological polar surface area (TPSA) is 58.2 Å². The molecule has 0 unspecified atom stereocenters. The van der Waals surface area contributed by atoms with Gasteiger partial charge in [0.05, 0.1) is 10.0 Å². The van der Waals surface area contributed by atoms with Crippen LogP contribution in [-0.4, -0.2) is 11.8 Å². The molecule has 0 spiro atoms. The summed E-state index contributed by atoms with van der Waals surface area (Å²) in [6.45, 7) is 0. The molecule has 0 aliphatic rings. The van der Waals surface area contributed by atoms with Gasteiger partial charge in [-0.05, 0) is 36.4 Å². The Bertz CT molecular complexity index is 690. The zero-order chi connectivity index (χ0) is 16.3. The molecule has 0 bridgehead atoms. The normalized spacial score (nSPS) is 10.2. The van der Waals surface area contributed by atoms with E-state index in [0.29, 0.717) is 0 Å². The molecule has 2 aromatic carbocycles. The Labute approximate surface area is 134 Å². The summed E-state index contributed by atoms with van der Waals surface area (Å²) in [5.41, 5.74) is 0.312. The van der Waals surface area contributed by atoms with Crippen LogP contribution in [0, 0.1) is 11.6 Å². The highest BCUT2D eigenvalue weighted by molar-refractivity contribution is 6.44. The van der Waals surface area contributed by atoms with Gasteiger partial charge in [0.2, 0.25) is 0 Å². The van der Waals surface area contributed by atoms with Crippen molar-refractivity contribution in [3.05, 3.63) is 58.1 Å². The number of anilines is 2. The molecule has 0 saturated carbocycles. The van der Waals surface area contributed by atoms with Crippen molar-refractivity contribution in [2.24, 2.45) is 0 Å². The first kappa shape index (κ1) is 16.2. The van der Waals surface area contributed by atoms with E-state index in [9.17, 15) is 18.4 Å². The van der Waals surface area contributed by atoms with Gasteiger partial charge in [-0.1, -0.05) is 23.2 Å². The van der Waals surface area contributed by atoms with Gasteiger partial charge >= 0.3 is 11.8 Å². The lowest BCUT2D eigenvalue weighted by molar-refractivity contribution is -0.132. The summed E-state index contributed by atoms with van der Waals surface area (Å²) in [6.07, 6.45) is 0. The van der Waals surface area contributed by atoms with Crippen LogP contribution in [0.3, 0.4) is 0 Å². The highest BCUT2D eigenvalue weighted by atomic mass is 35.5. The van der Waals surface area contributed by atoms with Gasteiger partial charge in [-0.25, -0.2) is 8.78 Å². The quantitative estimate of drug-likeness (QED) is 0.813. The van der Waals surface area contributed by atoms with Gasteiger partial charge < -0.3 is 10.6 Å². The zero-order valence-corrected chi connectivity index (χ0v) is 12.3. The number of nitrogens with one attached hydrogen (secondary N) is 2. The molecule has 8 heteroatoms. The minimum atomic E-state index is -0.997. The van der Waals surface area contributed by atoms with E-state index in [-0.39, 0.29) is 21.4 Å². The van der Waals surface area contributed by atoms with Crippen LogP contribution >= 0.6 is 23.2 Å². The predicted molar refractivity (Wildman–Crippen MR) is 80.1 cm³/mol. The lowest BCUT2D eigenvalue weighted by Crippen LogP contribution is -2.29. The first-order chi connectivity index (χ1) is 10.4. The van der Waals surface area contributed by atoms with Crippen molar-refractivity contribution in [1.29, 1.82) is 0 Å². The number of halogens is 4. The van der Waals surface area contributed by atoms with Crippen LogP contribution in [0.25, 0.3) is 0 Å². The van der Waals surface area contributed by atoms with Crippen molar-refractivity contribution in [2.45, 2.75) is 0 Å². The van der Waals surface area contributed by atoms with Crippen molar-refractivity contribution in [3.63, 3.8) is 0 Å². The largest absolute Gasteiger partial charge is 0.318 e. The zero-order valence-electron chi connectivity index (χ0n) is 10.8. The van der Waals surface area contributed by atoms with E-state index < -0.39 is 23.4 Å². The molecule has 2 N–H and O–H groups in total. The number of rotatable bonds is 2. The highest BCUT2D eigenvalue weighted by Gasteiger charge is 2.15. The Morgan fingerprint density at radius 3 is 1.45 bits per heavy atom. The lowest BCUT2D eigenvalue weighted by atomic mass is 10.3. The van der Waals surface area contributed by atoms with Crippen LogP contribution < -0.4 is 10.6 Å². The number of hydrogen-bond acceptors (Lipinski definition) is 2. The lowest BCUT2D eigenvalue weighted by Gasteiger charge is -2.07. The molecule has 0 aromatic heterocycles. The van der Waals surface area contributed by atoms with E-state index in [1.54, 1.807) is 0 Å². The molecule has 0 aliphatic heterocycles. The maximum Gasteiger partial charge on any atom is 0.314 e. The third kappa shape index (κ3) is 3.93. The summed E-state index contributed by atoms with van der Waals surface area (Å²) < 4.78 is 26.0. The van der Waals surface area contributed by atoms with Gasteiger partial charge in [0.1, 0.15) is 11.6 Å². The minimum Gasteiger partial charge on any atom is -0.318 e. The van der Waals surface area contributed by atoms with E-state index in [1.165, 1.54) is 12.1 Å². The molecule has 2 aromatic rings. The van der Waals surface area contributed by atoms with Crippen molar-refractivity contribution in [2.75, 3.05) is 10.6 Å². The average Bonchev–Trinajstić information content (AvgIpc) is 2.46. The van der Waals surface area contributed by atoms with Gasteiger partial charge in [-0.3, -0.25) is 9.59 Å². The maximum absolute atomic E-state index is 13.0. The Kier molecular flexibility index (Phi) is 4.95. The van der Waals surface area contributed by atoms with E-state index in [0.717, 1.165) is 24.3 Å². The van der Waals surface area contributed by atoms with Crippen LogP contribution in [0.1, 0.15) is 0 Å². The fourth-order valence-corrected chi connectivity index (χ4v) is 1.88. The van der Waals surface area contributed by atoms with E-state index in [2.05, 4.69) is 10.6 Å². The summed E-state index contributed by atoms with van der Waals surface area (Å²) in [4.78, 5) is 23.4. The molecule has 2 rings (SSSR count). The smallest absolute Gasteiger partial charge is 0.314 e. The fraction of sp³-hybridized carbons (Fsp3) is 0. The van der Waals surface area contributed by atoms with Crippen molar-refractivity contribution in [3.8, 4) is 0 Å². The molecular weight excluding hydrogens is 337 g/mol. The second-order valence-electron chi connectivity index (χ2n) is 4.17. The summed E-state index contributed by atoms with van der Waals surface area (Å²) in [5.74, 6) is -3.29. The standard InChI is InChI=1S/C14H8Cl2F2N2O2/c15-9-5-7(1-3-11(9)17)19-13(21)14(22)20-8-2-4-12(18)10(16)6-8/h1-6H,(H,19,21)(H,20,22). The molecule has 4 nitrogen and oxygen atoms in total. The van der Waals surface area contributed by atoms with Crippen molar-refractivity contribution < 1.29 is 18.4 Å². The number of carbonyl (C=O) groups is 2. The van der Waals surface area contributed by atoms with Gasteiger partial charge in [0.15, 0.2) is 0 Å². The molecule has 0 aliphatic carbocycles. The molecule has 0 radical (unpaired) electrons. The highest BCUT2D eigenvalue weighted by Crippen LogP contribution is 2.20. The number of hydrogen-bond donors (Lipinski definition) is 2. The van der Waals surface area contributed by atoms with Gasteiger partial charge in [0, 0.05) is 11.4 Å². The molecule has 0 heterocycles. The Morgan fingerprint density at radius 1 is 0.773 bits per heavy atom. The molecule has 22 heavy (non-hydrogen) atoms. The number of amides is 2. The van der Waals surface area contributed by atoms with Crippen LogP contribution in [-0.2, 0) is 9.59 Å². The SMILES string of the molecule is O=C(Nc1ccc(F)c(Cl)c1)C(=O)Nc1ccc(F)c(Cl)c1. The molecule has 2 amide bonds. The predicted octanol–water partition coefficient (Wildman–Crippen LogP) is 3.85. The Hall–Kier alpha value is -2.18. The van der Waals surface area contributed by atoms with E-state index >= 15 is 0 Å². The number of carbonyl (C=O) groups excluding carboxylic acids is 2. The summed E-state index contributed by atoms with van der Waals surface area (Å²) in [6, 6.07) is 6.93. The number of benzene rings is 2. The third-order valence-corrected chi connectivity index (χ3v) is 3.14. The van der Waals surface area contributed by atoms with E-state index in [4.69, 9.17) is 23.2 Å². The van der Waals surface area contributed by atoms with Crippen LogP contribution in [0.5, 0.6) is 0 Å². The average molecular weight is 345 g/mol. The fourth-order valence-electron chi connectivity index (χ4n) is 1.52. The van der Waals surface area contributed by atoms with Gasteiger partial charge in [0.25, 0.3) is 0 Å². The minimum absolute atomic E-state index is 0.156.